The zero-order chi connectivity index (χ0) is 25.5. The maximum atomic E-state index is 12.1. The summed E-state index contributed by atoms with van der Waals surface area (Å²) in [6.45, 7) is 8.49. The molecule has 2 N–H and O–H groups in total. The first-order chi connectivity index (χ1) is 15.8. The van der Waals surface area contributed by atoms with Crippen LogP contribution in [0.15, 0.2) is 43.3 Å². The van der Waals surface area contributed by atoms with Crippen LogP contribution in [-0.4, -0.2) is 20.7 Å². The standard InChI is InChI=1S/C26H38O6S2/c1-25(2,12-17-14-31-15-23(29)24(17)30)9-7-19(33)5-6-20(34)8-10-26(3,4)13-18-11-21(27)22(28)16-32-18/h11,14-16,19-20,28-29,33-34H,5-10,12-13H2,1-4H3. The number of hydrogen-bond donors (Lipinski definition) is 4. The van der Waals surface area contributed by atoms with Crippen LogP contribution in [0.25, 0.3) is 0 Å². The first-order valence-electron chi connectivity index (χ1n) is 11.7. The summed E-state index contributed by atoms with van der Waals surface area (Å²) in [5.74, 6) is -0.146. The smallest absolute Gasteiger partial charge is 0.229 e. The van der Waals surface area contributed by atoms with Crippen LogP contribution in [-0.2, 0) is 12.8 Å². The van der Waals surface area contributed by atoms with Gasteiger partial charge in [0.25, 0.3) is 0 Å². The fourth-order valence-electron chi connectivity index (χ4n) is 4.06. The molecule has 2 heterocycles. The van der Waals surface area contributed by atoms with Gasteiger partial charge in [-0.15, -0.1) is 0 Å². The van der Waals surface area contributed by atoms with Gasteiger partial charge >= 0.3 is 0 Å². The molecule has 2 aromatic rings. The molecule has 0 saturated heterocycles. The molecule has 0 bridgehead atoms. The van der Waals surface area contributed by atoms with Crippen molar-refractivity contribution in [2.45, 2.75) is 89.6 Å². The summed E-state index contributed by atoms with van der Waals surface area (Å²) in [5.41, 5.74) is -0.466. The highest BCUT2D eigenvalue weighted by molar-refractivity contribution is 7.81. The number of hydrogen-bond acceptors (Lipinski definition) is 8. The Morgan fingerprint density at radius 2 is 1.38 bits per heavy atom. The molecule has 0 aliphatic heterocycles. The Labute approximate surface area is 212 Å². The fraction of sp³-hybridized carbons (Fsp3) is 0.615. The third kappa shape index (κ3) is 9.45. The summed E-state index contributed by atoms with van der Waals surface area (Å²) in [7, 11) is 0. The van der Waals surface area contributed by atoms with Gasteiger partial charge in [0.1, 0.15) is 18.3 Å². The van der Waals surface area contributed by atoms with Crippen molar-refractivity contribution in [2.24, 2.45) is 10.8 Å². The quantitative estimate of drug-likeness (QED) is 0.255. The molecular weight excluding hydrogens is 472 g/mol. The summed E-state index contributed by atoms with van der Waals surface area (Å²) < 4.78 is 10.4. The molecule has 190 valence electrons. The topological polar surface area (TPSA) is 101 Å². The molecule has 0 fully saturated rings. The van der Waals surface area contributed by atoms with Crippen LogP contribution < -0.4 is 10.9 Å². The van der Waals surface area contributed by atoms with E-state index in [0.717, 1.165) is 51.1 Å². The highest BCUT2D eigenvalue weighted by Gasteiger charge is 2.24. The van der Waals surface area contributed by atoms with Crippen molar-refractivity contribution in [3.63, 3.8) is 0 Å². The molecule has 0 saturated carbocycles. The molecular formula is C26H38O6S2. The Balaban J connectivity index is 1.73. The maximum absolute atomic E-state index is 12.1. The van der Waals surface area contributed by atoms with Crippen molar-refractivity contribution in [2.75, 3.05) is 0 Å². The van der Waals surface area contributed by atoms with Gasteiger partial charge in [-0.2, -0.15) is 25.3 Å². The van der Waals surface area contributed by atoms with E-state index in [9.17, 15) is 19.8 Å². The van der Waals surface area contributed by atoms with E-state index in [1.54, 1.807) is 0 Å². The van der Waals surface area contributed by atoms with Crippen LogP contribution in [0, 0.1) is 10.8 Å². The number of aromatic hydroxyl groups is 2. The van der Waals surface area contributed by atoms with Crippen LogP contribution in [0.1, 0.15) is 77.5 Å². The summed E-state index contributed by atoms with van der Waals surface area (Å²) in [6.07, 6.45) is 10.3. The fourth-order valence-corrected chi connectivity index (χ4v) is 4.62. The number of thiol groups is 2. The SMILES string of the molecule is CC(C)(CCC(S)CCC(S)CCC(C)(C)Cc1cocc(O)c1=O)Cc1cc(=O)c(O)co1. The summed E-state index contributed by atoms with van der Waals surface area (Å²) in [6, 6.07) is 1.36. The van der Waals surface area contributed by atoms with E-state index in [4.69, 9.17) is 34.1 Å². The van der Waals surface area contributed by atoms with Crippen LogP contribution in [0.4, 0.5) is 0 Å². The second-order valence-electron chi connectivity index (χ2n) is 10.9. The molecule has 6 nitrogen and oxygen atoms in total. The molecule has 0 aliphatic rings. The first kappa shape index (κ1) is 28.4. The Morgan fingerprint density at radius 1 is 0.824 bits per heavy atom. The molecule has 2 aromatic heterocycles. The van der Waals surface area contributed by atoms with Gasteiger partial charge in [0.05, 0.1) is 6.26 Å². The minimum Gasteiger partial charge on any atom is -0.502 e. The monoisotopic (exact) mass is 510 g/mol. The third-order valence-electron chi connectivity index (χ3n) is 6.24. The molecule has 34 heavy (non-hydrogen) atoms. The summed E-state index contributed by atoms with van der Waals surface area (Å²) in [4.78, 5) is 23.7. The van der Waals surface area contributed by atoms with E-state index in [1.807, 2.05) is 0 Å². The van der Waals surface area contributed by atoms with Crippen molar-refractivity contribution in [1.29, 1.82) is 0 Å². The van der Waals surface area contributed by atoms with Gasteiger partial charge in [-0.25, -0.2) is 0 Å². The largest absolute Gasteiger partial charge is 0.502 e. The Bertz CT molecular complexity index is 1040. The summed E-state index contributed by atoms with van der Waals surface area (Å²) in [5, 5.41) is 19.4. The molecule has 0 aliphatic carbocycles. The van der Waals surface area contributed by atoms with Crippen LogP contribution >= 0.6 is 25.3 Å². The molecule has 2 rings (SSSR count). The van der Waals surface area contributed by atoms with E-state index in [2.05, 4.69) is 27.7 Å². The lowest BCUT2D eigenvalue weighted by Crippen LogP contribution is -2.21. The first-order valence-corrected chi connectivity index (χ1v) is 12.8. The zero-order valence-corrected chi connectivity index (χ0v) is 22.3. The molecule has 0 aromatic carbocycles. The Kier molecular flexibility index (Phi) is 10.2. The summed E-state index contributed by atoms with van der Waals surface area (Å²) >= 11 is 9.55. The Morgan fingerprint density at radius 3 is 1.94 bits per heavy atom. The van der Waals surface area contributed by atoms with Crippen molar-refractivity contribution in [3.05, 3.63) is 56.6 Å². The normalized spacial score (nSPS) is 14.2. The molecule has 0 radical (unpaired) electrons. The van der Waals surface area contributed by atoms with E-state index >= 15 is 0 Å². The average molecular weight is 511 g/mol. The molecule has 2 atom stereocenters. The molecule has 0 spiro atoms. The van der Waals surface area contributed by atoms with E-state index < -0.39 is 5.43 Å². The van der Waals surface area contributed by atoms with Crippen LogP contribution in [0.5, 0.6) is 11.5 Å². The lowest BCUT2D eigenvalue weighted by atomic mass is 9.81. The van der Waals surface area contributed by atoms with Gasteiger partial charge < -0.3 is 19.0 Å². The van der Waals surface area contributed by atoms with E-state index in [0.29, 0.717) is 24.2 Å². The van der Waals surface area contributed by atoms with Crippen molar-refractivity contribution < 1.29 is 19.0 Å². The predicted molar refractivity (Wildman–Crippen MR) is 142 cm³/mol. The minimum atomic E-state index is -0.419. The van der Waals surface area contributed by atoms with Gasteiger partial charge in [-0.05, 0) is 55.8 Å². The van der Waals surface area contributed by atoms with Gasteiger partial charge in [0.15, 0.2) is 11.5 Å². The lowest BCUT2D eigenvalue weighted by molar-refractivity contribution is 0.287. The van der Waals surface area contributed by atoms with Gasteiger partial charge in [0, 0.05) is 28.6 Å². The van der Waals surface area contributed by atoms with Crippen molar-refractivity contribution >= 4 is 25.3 Å². The average Bonchev–Trinajstić information content (AvgIpc) is 2.75. The second-order valence-corrected chi connectivity index (χ2v) is 12.3. The predicted octanol–water partition coefficient (Wildman–Crippen LogP) is 5.78. The van der Waals surface area contributed by atoms with Gasteiger partial charge in [-0.1, -0.05) is 27.7 Å². The highest BCUT2D eigenvalue weighted by Crippen LogP contribution is 2.32. The molecule has 0 amide bonds. The van der Waals surface area contributed by atoms with Gasteiger partial charge in [0.2, 0.25) is 10.9 Å². The second kappa shape index (κ2) is 12.2. The van der Waals surface area contributed by atoms with Gasteiger partial charge in [-0.3, -0.25) is 9.59 Å². The van der Waals surface area contributed by atoms with Crippen LogP contribution in [0.3, 0.4) is 0 Å². The maximum Gasteiger partial charge on any atom is 0.229 e. The van der Waals surface area contributed by atoms with Crippen LogP contribution in [0.2, 0.25) is 0 Å². The van der Waals surface area contributed by atoms with Crippen molar-refractivity contribution in [3.8, 4) is 11.5 Å². The lowest BCUT2D eigenvalue weighted by Gasteiger charge is -2.27. The van der Waals surface area contributed by atoms with E-state index in [-0.39, 0.29) is 38.3 Å². The van der Waals surface area contributed by atoms with Crippen molar-refractivity contribution in [1.82, 2.24) is 0 Å². The minimum absolute atomic E-state index is 0.0587. The third-order valence-corrected chi connectivity index (χ3v) is 7.28. The number of rotatable bonds is 13. The molecule has 2 unspecified atom stereocenters. The highest BCUT2D eigenvalue weighted by atomic mass is 32.1. The molecule has 8 heteroatoms. The Hall–Kier alpha value is -1.80. The van der Waals surface area contributed by atoms with E-state index in [1.165, 1.54) is 12.3 Å². The zero-order valence-electron chi connectivity index (χ0n) is 20.5.